The SMILES string of the molecule is CC(C)(C)OC(=O)N1CCCCC1Cc1c2ccccc2cc2ccccc12. The first-order chi connectivity index (χ1) is 13.4. The topological polar surface area (TPSA) is 29.5 Å². The Hall–Kier alpha value is -2.55. The fourth-order valence-corrected chi connectivity index (χ4v) is 4.34. The summed E-state index contributed by atoms with van der Waals surface area (Å²) in [7, 11) is 0. The smallest absolute Gasteiger partial charge is 0.410 e. The number of ether oxygens (including phenoxy) is 1. The highest BCUT2D eigenvalue weighted by atomic mass is 16.6. The van der Waals surface area contributed by atoms with Crippen molar-refractivity contribution < 1.29 is 9.53 Å². The van der Waals surface area contributed by atoms with E-state index in [1.807, 2.05) is 25.7 Å². The van der Waals surface area contributed by atoms with Gasteiger partial charge in [-0.05, 0) is 79.6 Å². The monoisotopic (exact) mass is 375 g/mol. The highest BCUT2D eigenvalue weighted by Crippen LogP contribution is 2.32. The lowest BCUT2D eigenvalue weighted by Crippen LogP contribution is -2.47. The predicted octanol–water partition coefficient (Wildman–Crippen LogP) is 6.33. The number of fused-ring (bicyclic) bond motifs is 2. The van der Waals surface area contributed by atoms with Crippen LogP contribution in [-0.2, 0) is 11.2 Å². The van der Waals surface area contributed by atoms with E-state index < -0.39 is 5.60 Å². The summed E-state index contributed by atoms with van der Waals surface area (Å²) < 4.78 is 5.71. The van der Waals surface area contributed by atoms with Gasteiger partial charge in [0.25, 0.3) is 0 Å². The number of hydrogen-bond donors (Lipinski definition) is 0. The van der Waals surface area contributed by atoms with Crippen LogP contribution < -0.4 is 0 Å². The molecule has 0 radical (unpaired) electrons. The first-order valence-electron chi connectivity index (χ1n) is 10.3. The molecule has 1 saturated heterocycles. The Balaban J connectivity index is 1.73. The molecule has 0 aromatic heterocycles. The van der Waals surface area contributed by atoms with Gasteiger partial charge in [-0.15, -0.1) is 0 Å². The summed E-state index contributed by atoms with van der Waals surface area (Å²) >= 11 is 0. The Kier molecular flexibility index (Phi) is 5.01. The molecule has 1 unspecified atom stereocenters. The van der Waals surface area contributed by atoms with Gasteiger partial charge >= 0.3 is 6.09 Å². The van der Waals surface area contributed by atoms with Crippen LogP contribution in [0.1, 0.15) is 45.6 Å². The van der Waals surface area contributed by atoms with Crippen LogP contribution in [0.4, 0.5) is 4.79 Å². The molecule has 1 amide bonds. The minimum atomic E-state index is -0.467. The second-order valence-electron chi connectivity index (χ2n) is 8.82. The van der Waals surface area contributed by atoms with Crippen LogP contribution in [0.3, 0.4) is 0 Å². The van der Waals surface area contributed by atoms with Gasteiger partial charge in [0, 0.05) is 12.6 Å². The van der Waals surface area contributed by atoms with Gasteiger partial charge in [0.15, 0.2) is 0 Å². The van der Waals surface area contributed by atoms with E-state index in [-0.39, 0.29) is 12.1 Å². The molecule has 1 atom stereocenters. The maximum absolute atomic E-state index is 12.8. The van der Waals surface area contributed by atoms with Crippen LogP contribution in [0.25, 0.3) is 21.5 Å². The third-order valence-electron chi connectivity index (χ3n) is 5.58. The van der Waals surface area contributed by atoms with E-state index >= 15 is 0 Å². The second-order valence-corrected chi connectivity index (χ2v) is 8.82. The molecule has 0 N–H and O–H groups in total. The predicted molar refractivity (Wildman–Crippen MR) is 116 cm³/mol. The summed E-state index contributed by atoms with van der Waals surface area (Å²) in [6, 6.07) is 19.6. The van der Waals surface area contributed by atoms with E-state index in [2.05, 4.69) is 54.6 Å². The minimum absolute atomic E-state index is 0.179. The lowest BCUT2D eigenvalue weighted by Gasteiger charge is -2.37. The van der Waals surface area contributed by atoms with Crippen LogP contribution in [0.15, 0.2) is 54.6 Å². The van der Waals surface area contributed by atoms with Gasteiger partial charge in [-0.3, -0.25) is 0 Å². The average Bonchev–Trinajstić information content (AvgIpc) is 2.67. The lowest BCUT2D eigenvalue weighted by molar-refractivity contribution is 0.0100. The zero-order valence-electron chi connectivity index (χ0n) is 17.1. The summed E-state index contributed by atoms with van der Waals surface area (Å²) in [5.41, 5.74) is 0.875. The lowest BCUT2D eigenvalue weighted by atomic mass is 9.89. The van der Waals surface area contributed by atoms with Crippen molar-refractivity contribution in [3.8, 4) is 0 Å². The zero-order valence-corrected chi connectivity index (χ0v) is 17.1. The molecule has 1 aliphatic rings. The molecule has 3 aromatic rings. The highest BCUT2D eigenvalue weighted by Gasteiger charge is 2.31. The molecule has 1 heterocycles. The molecule has 0 saturated carbocycles. The molecule has 4 rings (SSSR count). The van der Waals surface area contributed by atoms with E-state index in [4.69, 9.17) is 4.74 Å². The maximum atomic E-state index is 12.8. The third-order valence-corrected chi connectivity index (χ3v) is 5.58. The molecule has 0 aliphatic carbocycles. The molecule has 3 heteroatoms. The van der Waals surface area contributed by atoms with Crippen LogP contribution in [0.5, 0.6) is 0 Å². The first kappa shape index (κ1) is 18.8. The van der Waals surface area contributed by atoms with Crippen molar-refractivity contribution >= 4 is 27.6 Å². The van der Waals surface area contributed by atoms with Crippen LogP contribution in [0.2, 0.25) is 0 Å². The number of benzene rings is 3. The molecule has 0 spiro atoms. The molecule has 1 aliphatic heterocycles. The van der Waals surface area contributed by atoms with Gasteiger partial charge in [-0.1, -0.05) is 48.5 Å². The van der Waals surface area contributed by atoms with Crippen molar-refractivity contribution in [2.45, 2.75) is 58.1 Å². The number of rotatable bonds is 2. The molecular weight excluding hydrogens is 346 g/mol. The van der Waals surface area contributed by atoms with Crippen molar-refractivity contribution in [3.05, 3.63) is 60.2 Å². The zero-order chi connectivity index (χ0) is 19.7. The molecule has 0 bridgehead atoms. The van der Waals surface area contributed by atoms with Crippen molar-refractivity contribution in [1.29, 1.82) is 0 Å². The van der Waals surface area contributed by atoms with E-state index in [1.54, 1.807) is 0 Å². The van der Waals surface area contributed by atoms with Gasteiger partial charge in [0.1, 0.15) is 5.60 Å². The number of amides is 1. The van der Waals surface area contributed by atoms with E-state index in [9.17, 15) is 4.79 Å². The number of hydrogen-bond acceptors (Lipinski definition) is 2. The van der Waals surface area contributed by atoms with Crippen molar-refractivity contribution in [3.63, 3.8) is 0 Å². The van der Waals surface area contributed by atoms with E-state index in [0.717, 1.165) is 32.2 Å². The van der Waals surface area contributed by atoms with Gasteiger partial charge in [-0.25, -0.2) is 4.79 Å². The number of likely N-dealkylation sites (tertiary alicyclic amines) is 1. The summed E-state index contributed by atoms with van der Waals surface area (Å²) in [5, 5.41) is 5.10. The fraction of sp³-hybridized carbons (Fsp3) is 0.400. The maximum Gasteiger partial charge on any atom is 0.410 e. The van der Waals surface area contributed by atoms with Gasteiger partial charge in [-0.2, -0.15) is 0 Å². The average molecular weight is 376 g/mol. The quantitative estimate of drug-likeness (QED) is 0.490. The van der Waals surface area contributed by atoms with Crippen molar-refractivity contribution in [2.24, 2.45) is 0 Å². The first-order valence-corrected chi connectivity index (χ1v) is 10.3. The van der Waals surface area contributed by atoms with Crippen molar-refractivity contribution in [2.75, 3.05) is 6.54 Å². The Morgan fingerprint density at radius 2 is 1.61 bits per heavy atom. The van der Waals surface area contributed by atoms with Crippen LogP contribution in [-0.4, -0.2) is 29.2 Å². The number of nitrogens with zero attached hydrogens (tertiary/aromatic N) is 1. The molecular formula is C25H29NO2. The number of piperidine rings is 1. The Morgan fingerprint density at radius 3 is 2.21 bits per heavy atom. The Morgan fingerprint density at radius 1 is 1.00 bits per heavy atom. The van der Waals surface area contributed by atoms with E-state index in [0.29, 0.717) is 0 Å². The molecule has 1 fully saturated rings. The van der Waals surface area contributed by atoms with Gasteiger partial charge in [0.05, 0.1) is 0 Å². The summed E-state index contributed by atoms with van der Waals surface area (Å²) in [4.78, 5) is 14.8. The van der Waals surface area contributed by atoms with Gasteiger partial charge in [0.2, 0.25) is 0 Å². The van der Waals surface area contributed by atoms with Crippen molar-refractivity contribution in [1.82, 2.24) is 4.90 Å². The Labute approximate surface area is 167 Å². The molecule has 3 aromatic carbocycles. The Bertz CT molecular complexity index is 948. The van der Waals surface area contributed by atoms with E-state index in [1.165, 1.54) is 27.1 Å². The van der Waals surface area contributed by atoms with Gasteiger partial charge < -0.3 is 9.64 Å². The molecule has 3 nitrogen and oxygen atoms in total. The normalized spacial score (nSPS) is 17.8. The summed E-state index contributed by atoms with van der Waals surface area (Å²) in [6.07, 6.45) is 3.91. The minimum Gasteiger partial charge on any atom is -0.444 e. The summed E-state index contributed by atoms with van der Waals surface area (Å²) in [5.74, 6) is 0. The number of carbonyl (C=O) groups excluding carboxylic acids is 1. The second kappa shape index (κ2) is 7.46. The summed E-state index contributed by atoms with van der Waals surface area (Å²) in [6.45, 7) is 6.58. The fourth-order valence-electron chi connectivity index (χ4n) is 4.34. The van der Waals surface area contributed by atoms with Crippen LogP contribution in [0, 0.1) is 0 Å². The molecule has 146 valence electrons. The van der Waals surface area contributed by atoms with Crippen LogP contribution >= 0.6 is 0 Å². The third kappa shape index (κ3) is 3.84. The highest BCUT2D eigenvalue weighted by molar-refractivity contribution is 6.02. The molecule has 28 heavy (non-hydrogen) atoms. The standard InChI is InChI=1S/C25H29NO2/c1-25(2,3)28-24(27)26-15-9-8-12-20(26)17-23-21-13-6-4-10-18(21)16-19-11-5-7-14-22(19)23/h4-7,10-11,13-14,16,20H,8-9,12,15,17H2,1-3H3. The largest absolute Gasteiger partial charge is 0.444 e. The number of carbonyl (C=O) groups is 1.